The zero-order valence-corrected chi connectivity index (χ0v) is 10.4. The number of hydrogen-bond donors (Lipinski definition) is 1. The van der Waals surface area contributed by atoms with Gasteiger partial charge in [0.2, 0.25) is 0 Å². The Labute approximate surface area is 93.9 Å². The highest BCUT2D eigenvalue weighted by molar-refractivity contribution is 5.24. The van der Waals surface area contributed by atoms with E-state index < -0.39 is 0 Å². The largest absolute Gasteiger partial charge is 0.310 e. The van der Waals surface area contributed by atoms with Crippen molar-refractivity contribution in [3.8, 4) is 0 Å². The Morgan fingerprint density at radius 1 is 1.27 bits per heavy atom. The lowest BCUT2D eigenvalue weighted by molar-refractivity contribution is 0.461. The Morgan fingerprint density at radius 2 is 2.00 bits per heavy atom. The minimum atomic E-state index is 0.457. The lowest BCUT2D eigenvalue weighted by Gasteiger charge is -2.17. The summed E-state index contributed by atoms with van der Waals surface area (Å²) < 4.78 is 0. The highest BCUT2D eigenvalue weighted by Gasteiger charge is 2.06. The van der Waals surface area contributed by atoms with Gasteiger partial charge in [-0.05, 0) is 31.9 Å². The molecule has 0 bridgehead atoms. The molecule has 0 saturated carbocycles. The third-order valence-electron chi connectivity index (χ3n) is 3.01. The Morgan fingerprint density at radius 3 is 2.60 bits per heavy atom. The van der Waals surface area contributed by atoms with Gasteiger partial charge in [-0.3, -0.25) is 0 Å². The SMILES string of the molecule is CCC(C)CN[C@H](C)c1cccc(C)c1. The van der Waals surface area contributed by atoms with E-state index in [1.807, 2.05) is 0 Å². The molecular formula is C14H23N. The molecule has 0 aliphatic heterocycles. The van der Waals surface area contributed by atoms with Crippen LogP contribution in [0.4, 0.5) is 0 Å². The Bertz CT molecular complexity index is 293. The first-order valence-electron chi connectivity index (χ1n) is 5.93. The van der Waals surface area contributed by atoms with Crippen molar-refractivity contribution in [2.75, 3.05) is 6.54 Å². The molecule has 1 nitrogen and oxygen atoms in total. The summed E-state index contributed by atoms with van der Waals surface area (Å²) in [6.45, 7) is 10.0. The van der Waals surface area contributed by atoms with Crippen molar-refractivity contribution in [3.05, 3.63) is 35.4 Å². The first-order valence-corrected chi connectivity index (χ1v) is 5.93. The van der Waals surface area contributed by atoms with E-state index in [9.17, 15) is 0 Å². The van der Waals surface area contributed by atoms with Crippen molar-refractivity contribution in [2.45, 2.75) is 40.2 Å². The fourth-order valence-electron chi connectivity index (χ4n) is 1.58. The van der Waals surface area contributed by atoms with E-state index in [1.54, 1.807) is 0 Å². The molecule has 84 valence electrons. The number of aryl methyl sites for hydroxylation is 1. The molecule has 1 aromatic rings. The number of nitrogens with one attached hydrogen (secondary N) is 1. The molecule has 0 heterocycles. The molecule has 1 aromatic carbocycles. The van der Waals surface area contributed by atoms with Crippen LogP contribution < -0.4 is 5.32 Å². The first kappa shape index (κ1) is 12.3. The van der Waals surface area contributed by atoms with E-state index in [2.05, 4.69) is 57.3 Å². The van der Waals surface area contributed by atoms with Gasteiger partial charge in [0.25, 0.3) is 0 Å². The zero-order valence-electron chi connectivity index (χ0n) is 10.4. The van der Waals surface area contributed by atoms with Gasteiger partial charge < -0.3 is 5.32 Å². The van der Waals surface area contributed by atoms with Gasteiger partial charge >= 0.3 is 0 Å². The highest BCUT2D eigenvalue weighted by Crippen LogP contribution is 2.14. The van der Waals surface area contributed by atoms with Crippen molar-refractivity contribution in [1.82, 2.24) is 5.32 Å². The predicted molar refractivity (Wildman–Crippen MR) is 67.1 cm³/mol. The van der Waals surface area contributed by atoms with Crippen molar-refractivity contribution in [2.24, 2.45) is 5.92 Å². The number of benzene rings is 1. The van der Waals surface area contributed by atoms with Crippen LogP contribution in [0, 0.1) is 12.8 Å². The molecule has 0 aliphatic rings. The molecule has 1 heteroatoms. The van der Waals surface area contributed by atoms with Crippen molar-refractivity contribution in [1.29, 1.82) is 0 Å². The van der Waals surface area contributed by atoms with E-state index in [-0.39, 0.29) is 0 Å². The fourth-order valence-corrected chi connectivity index (χ4v) is 1.58. The summed E-state index contributed by atoms with van der Waals surface area (Å²) in [6.07, 6.45) is 1.24. The Hall–Kier alpha value is -0.820. The van der Waals surface area contributed by atoms with E-state index in [0.29, 0.717) is 6.04 Å². The quantitative estimate of drug-likeness (QED) is 0.773. The van der Waals surface area contributed by atoms with Crippen molar-refractivity contribution < 1.29 is 0 Å². The molecule has 1 unspecified atom stereocenters. The van der Waals surface area contributed by atoms with Crippen LogP contribution in [0.25, 0.3) is 0 Å². The minimum Gasteiger partial charge on any atom is -0.310 e. The van der Waals surface area contributed by atoms with Gasteiger partial charge in [-0.25, -0.2) is 0 Å². The Kier molecular flexibility index (Phi) is 4.83. The predicted octanol–water partition coefficient (Wildman–Crippen LogP) is 3.69. The van der Waals surface area contributed by atoms with Crippen LogP contribution in [0.1, 0.15) is 44.4 Å². The second-order valence-electron chi connectivity index (χ2n) is 4.56. The van der Waals surface area contributed by atoms with Crippen molar-refractivity contribution >= 4 is 0 Å². The van der Waals surface area contributed by atoms with E-state index in [1.165, 1.54) is 17.5 Å². The maximum Gasteiger partial charge on any atom is 0.0291 e. The lowest BCUT2D eigenvalue weighted by atomic mass is 10.0. The number of hydrogen-bond acceptors (Lipinski definition) is 1. The minimum absolute atomic E-state index is 0.457. The second-order valence-corrected chi connectivity index (χ2v) is 4.56. The molecule has 0 radical (unpaired) electrons. The molecule has 0 saturated heterocycles. The smallest absolute Gasteiger partial charge is 0.0291 e. The summed E-state index contributed by atoms with van der Waals surface area (Å²) in [6, 6.07) is 9.19. The molecule has 1 rings (SSSR count). The van der Waals surface area contributed by atoms with Gasteiger partial charge in [-0.15, -0.1) is 0 Å². The van der Waals surface area contributed by atoms with Crippen LogP contribution in [0.3, 0.4) is 0 Å². The maximum absolute atomic E-state index is 3.58. The Balaban J connectivity index is 2.50. The molecule has 0 amide bonds. The molecule has 0 aliphatic carbocycles. The monoisotopic (exact) mass is 205 g/mol. The average molecular weight is 205 g/mol. The van der Waals surface area contributed by atoms with Crippen LogP contribution in [0.5, 0.6) is 0 Å². The average Bonchev–Trinajstić information content (AvgIpc) is 2.25. The second kappa shape index (κ2) is 5.92. The molecule has 2 atom stereocenters. The summed E-state index contributed by atoms with van der Waals surface area (Å²) in [5.41, 5.74) is 2.72. The summed E-state index contributed by atoms with van der Waals surface area (Å²) >= 11 is 0. The first-order chi connectivity index (χ1) is 7.13. The summed E-state index contributed by atoms with van der Waals surface area (Å²) in [5.74, 6) is 0.761. The standard InChI is InChI=1S/C14H23N/c1-5-11(2)10-15-13(4)14-8-6-7-12(3)9-14/h6-9,11,13,15H,5,10H2,1-4H3/t11?,13-/m1/s1. The fraction of sp³-hybridized carbons (Fsp3) is 0.571. The molecule has 0 aromatic heterocycles. The summed E-state index contributed by atoms with van der Waals surface area (Å²) in [5, 5.41) is 3.58. The van der Waals surface area contributed by atoms with E-state index in [0.717, 1.165) is 12.5 Å². The van der Waals surface area contributed by atoms with Crippen LogP contribution >= 0.6 is 0 Å². The van der Waals surface area contributed by atoms with Gasteiger partial charge in [0.15, 0.2) is 0 Å². The normalized spacial score (nSPS) is 14.9. The summed E-state index contributed by atoms with van der Waals surface area (Å²) in [4.78, 5) is 0. The van der Waals surface area contributed by atoms with Gasteiger partial charge in [-0.2, -0.15) is 0 Å². The zero-order chi connectivity index (χ0) is 11.3. The highest BCUT2D eigenvalue weighted by atomic mass is 14.9. The van der Waals surface area contributed by atoms with Crippen molar-refractivity contribution in [3.63, 3.8) is 0 Å². The molecular weight excluding hydrogens is 182 g/mol. The van der Waals surface area contributed by atoms with Gasteiger partial charge in [-0.1, -0.05) is 50.1 Å². The summed E-state index contributed by atoms with van der Waals surface area (Å²) in [7, 11) is 0. The lowest BCUT2D eigenvalue weighted by Crippen LogP contribution is -2.24. The van der Waals surface area contributed by atoms with E-state index >= 15 is 0 Å². The van der Waals surface area contributed by atoms with Crippen LogP contribution in [0.2, 0.25) is 0 Å². The molecule has 0 fully saturated rings. The number of rotatable bonds is 5. The van der Waals surface area contributed by atoms with E-state index in [4.69, 9.17) is 0 Å². The molecule has 0 spiro atoms. The van der Waals surface area contributed by atoms with Crippen LogP contribution in [-0.4, -0.2) is 6.54 Å². The third-order valence-corrected chi connectivity index (χ3v) is 3.01. The van der Waals surface area contributed by atoms with Gasteiger partial charge in [0.1, 0.15) is 0 Å². The van der Waals surface area contributed by atoms with Crippen LogP contribution in [-0.2, 0) is 0 Å². The maximum atomic E-state index is 3.58. The molecule has 15 heavy (non-hydrogen) atoms. The van der Waals surface area contributed by atoms with Gasteiger partial charge in [0, 0.05) is 6.04 Å². The topological polar surface area (TPSA) is 12.0 Å². The van der Waals surface area contributed by atoms with Crippen LogP contribution in [0.15, 0.2) is 24.3 Å². The molecule has 1 N–H and O–H groups in total. The van der Waals surface area contributed by atoms with Gasteiger partial charge in [0.05, 0.1) is 0 Å². The third kappa shape index (κ3) is 4.05.